The van der Waals surface area contributed by atoms with E-state index < -0.39 is 0 Å². The molecule has 1 aliphatic rings. The maximum atomic E-state index is 5.42. The number of benzene rings is 1. The summed E-state index contributed by atoms with van der Waals surface area (Å²) in [6.45, 7) is 4.12. The second-order valence-electron chi connectivity index (χ2n) is 5.58. The van der Waals surface area contributed by atoms with Gasteiger partial charge in [-0.3, -0.25) is 0 Å². The first-order valence-corrected chi connectivity index (χ1v) is 7.87. The molecule has 3 aromatic rings. The predicted molar refractivity (Wildman–Crippen MR) is 82.1 cm³/mol. The number of aryl methyl sites for hydroxylation is 2. The Morgan fingerprint density at radius 3 is 2.52 bits per heavy atom. The summed E-state index contributed by atoms with van der Waals surface area (Å²) >= 11 is 1.58. The monoisotopic (exact) mass is 300 g/mol. The van der Waals surface area contributed by atoms with Gasteiger partial charge in [-0.05, 0) is 49.9 Å². The van der Waals surface area contributed by atoms with Crippen molar-refractivity contribution in [2.45, 2.75) is 32.6 Å². The minimum atomic E-state index is 0.550. The third-order valence-corrected chi connectivity index (χ3v) is 4.82. The van der Waals surface area contributed by atoms with E-state index in [0.717, 1.165) is 38.2 Å². The SMILES string of the molecule is COc1c(C)cc(-c2nn3c(C4CC4)nnc3s2)cc1C. The van der Waals surface area contributed by atoms with E-state index in [1.165, 1.54) is 12.8 Å². The highest BCUT2D eigenvalue weighted by molar-refractivity contribution is 7.19. The molecule has 5 nitrogen and oxygen atoms in total. The van der Waals surface area contributed by atoms with Gasteiger partial charge in [0.25, 0.3) is 0 Å². The van der Waals surface area contributed by atoms with Crippen LogP contribution in [0.5, 0.6) is 5.75 Å². The van der Waals surface area contributed by atoms with Gasteiger partial charge in [-0.25, -0.2) is 0 Å². The number of aromatic nitrogens is 4. The molecule has 2 heterocycles. The molecule has 0 bridgehead atoms. The predicted octanol–water partition coefficient (Wildman–Crippen LogP) is 3.36. The van der Waals surface area contributed by atoms with Crippen molar-refractivity contribution < 1.29 is 4.74 Å². The topological polar surface area (TPSA) is 52.3 Å². The van der Waals surface area contributed by atoms with Crippen molar-refractivity contribution in [1.29, 1.82) is 0 Å². The Morgan fingerprint density at radius 2 is 1.90 bits per heavy atom. The highest BCUT2D eigenvalue weighted by Crippen LogP contribution is 2.40. The molecule has 1 saturated carbocycles. The number of hydrogen-bond acceptors (Lipinski definition) is 5. The molecule has 0 N–H and O–H groups in total. The highest BCUT2D eigenvalue weighted by atomic mass is 32.1. The normalized spacial score (nSPS) is 14.8. The Hall–Kier alpha value is -1.95. The summed E-state index contributed by atoms with van der Waals surface area (Å²) in [6.07, 6.45) is 2.41. The first kappa shape index (κ1) is 12.8. The summed E-state index contributed by atoms with van der Waals surface area (Å²) in [5.74, 6) is 2.50. The second kappa shape index (κ2) is 4.53. The molecule has 4 rings (SSSR count). The number of ether oxygens (including phenoxy) is 1. The van der Waals surface area contributed by atoms with Crippen molar-refractivity contribution in [3.8, 4) is 16.3 Å². The number of nitrogens with zero attached hydrogens (tertiary/aromatic N) is 4. The molecule has 0 atom stereocenters. The van der Waals surface area contributed by atoms with E-state index in [0.29, 0.717) is 5.92 Å². The second-order valence-corrected chi connectivity index (χ2v) is 6.53. The van der Waals surface area contributed by atoms with Crippen LogP contribution in [-0.2, 0) is 0 Å². The van der Waals surface area contributed by atoms with Crippen LogP contribution in [0, 0.1) is 13.8 Å². The molecule has 1 fully saturated rings. The maximum absolute atomic E-state index is 5.42. The fourth-order valence-electron chi connectivity index (χ4n) is 2.74. The summed E-state index contributed by atoms with van der Waals surface area (Å²) in [5, 5.41) is 14.2. The minimum Gasteiger partial charge on any atom is -0.496 e. The van der Waals surface area contributed by atoms with Crippen LogP contribution in [0.15, 0.2) is 12.1 Å². The van der Waals surface area contributed by atoms with Gasteiger partial charge in [0.2, 0.25) is 4.96 Å². The molecule has 21 heavy (non-hydrogen) atoms. The van der Waals surface area contributed by atoms with Gasteiger partial charge < -0.3 is 4.74 Å². The molecule has 0 amide bonds. The number of fused-ring (bicyclic) bond motifs is 1. The quantitative estimate of drug-likeness (QED) is 0.744. The minimum absolute atomic E-state index is 0.550. The summed E-state index contributed by atoms with van der Waals surface area (Å²) in [4.78, 5) is 0.873. The zero-order chi connectivity index (χ0) is 14.6. The molecule has 0 spiro atoms. The fourth-order valence-corrected chi connectivity index (χ4v) is 3.57. The first-order valence-electron chi connectivity index (χ1n) is 7.05. The number of methoxy groups -OCH3 is 1. The van der Waals surface area contributed by atoms with Gasteiger partial charge in [-0.15, -0.1) is 10.2 Å². The van der Waals surface area contributed by atoms with Gasteiger partial charge in [0.1, 0.15) is 10.8 Å². The molecule has 0 radical (unpaired) electrons. The summed E-state index contributed by atoms with van der Waals surface area (Å²) in [5.41, 5.74) is 3.37. The van der Waals surface area contributed by atoms with Crippen LogP contribution in [0.1, 0.15) is 35.7 Å². The Bertz CT molecular complexity index is 808. The van der Waals surface area contributed by atoms with E-state index in [4.69, 9.17) is 9.84 Å². The zero-order valence-corrected chi connectivity index (χ0v) is 13.1. The smallest absolute Gasteiger partial charge is 0.234 e. The van der Waals surface area contributed by atoms with Crippen molar-refractivity contribution >= 4 is 16.3 Å². The van der Waals surface area contributed by atoms with Crippen molar-refractivity contribution in [2.24, 2.45) is 0 Å². The Labute approximate surface area is 126 Å². The molecule has 0 saturated heterocycles. The van der Waals surface area contributed by atoms with Gasteiger partial charge in [-0.2, -0.15) is 9.61 Å². The first-order chi connectivity index (χ1) is 10.2. The van der Waals surface area contributed by atoms with Crippen molar-refractivity contribution in [3.63, 3.8) is 0 Å². The lowest BCUT2D eigenvalue weighted by molar-refractivity contribution is 0.408. The molecule has 6 heteroatoms. The third kappa shape index (κ3) is 2.01. The van der Waals surface area contributed by atoms with E-state index in [2.05, 4.69) is 36.2 Å². The third-order valence-electron chi connectivity index (χ3n) is 3.87. The average Bonchev–Trinajstić information content (AvgIpc) is 3.07. The van der Waals surface area contributed by atoms with Crippen LogP contribution >= 0.6 is 11.3 Å². The number of rotatable bonds is 3. The van der Waals surface area contributed by atoms with E-state index in [9.17, 15) is 0 Å². The van der Waals surface area contributed by atoms with Gasteiger partial charge in [-0.1, -0.05) is 11.3 Å². The van der Waals surface area contributed by atoms with Crippen LogP contribution in [0.2, 0.25) is 0 Å². The molecule has 0 unspecified atom stereocenters. The molecule has 1 aliphatic carbocycles. The lowest BCUT2D eigenvalue weighted by atomic mass is 10.1. The van der Waals surface area contributed by atoms with Crippen LogP contribution in [0.4, 0.5) is 0 Å². The van der Waals surface area contributed by atoms with E-state index >= 15 is 0 Å². The molecule has 2 aromatic heterocycles. The summed E-state index contributed by atoms with van der Waals surface area (Å²) < 4.78 is 7.33. The van der Waals surface area contributed by atoms with E-state index in [-0.39, 0.29) is 0 Å². The van der Waals surface area contributed by atoms with Crippen LogP contribution < -0.4 is 4.74 Å². The molecule has 1 aromatic carbocycles. The van der Waals surface area contributed by atoms with Gasteiger partial charge in [0.15, 0.2) is 5.82 Å². The van der Waals surface area contributed by atoms with Gasteiger partial charge >= 0.3 is 0 Å². The largest absolute Gasteiger partial charge is 0.496 e. The molecule has 108 valence electrons. The maximum Gasteiger partial charge on any atom is 0.234 e. The average molecular weight is 300 g/mol. The lowest BCUT2D eigenvalue weighted by Crippen LogP contribution is -1.95. The van der Waals surface area contributed by atoms with E-state index in [1.54, 1.807) is 18.4 Å². The van der Waals surface area contributed by atoms with Crippen LogP contribution in [-0.4, -0.2) is 26.9 Å². The van der Waals surface area contributed by atoms with Crippen LogP contribution in [0.3, 0.4) is 0 Å². The van der Waals surface area contributed by atoms with Crippen LogP contribution in [0.25, 0.3) is 15.5 Å². The molecule has 0 aliphatic heterocycles. The highest BCUT2D eigenvalue weighted by Gasteiger charge is 2.30. The standard InChI is InChI=1S/C15H16N4OS/c1-8-6-11(7-9(2)12(8)20-3)14-18-19-13(10-4-5-10)16-17-15(19)21-14/h6-7,10H,4-5H2,1-3H3. The zero-order valence-electron chi connectivity index (χ0n) is 12.3. The molecular weight excluding hydrogens is 284 g/mol. The van der Waals surface area contributed by atoms with Crippen molar-refractivity contribution in [2.75, 3.05) is 7.11 Å². The van der Waals surface area contributed by atoms with Crippen molar-refractivity contribution in [1.82, 2.24) is 19.8 Å². The fraction of sp³-hybridized carbons (Fsp3) is 0.400. The number of hydrogen-bond donors (Lipinski definition) is 0. The summed E-state index contributed by atoms with van der Waals surface area (Å²) in [6, 6.07) is 4.24. The lowest BCUT2D eigenvalue weighted by Gasteiger charge is -2.09. The van der Waals surface area contributed by atoms with Gasteiger partial charge in [0, 0.05) is 11.5 Å². The van der Waals surface area contributed by atoms with Crippen molar-refractivity contribution in [3.05, 3.63) is 29.1 Å². The van der Waals surface area contributed by atoms with Gasteiger partial charge in [0.05, 0.1) is 7.11 Å². The summed E-state index contributed by atoms with van der Waals surface area (Å²) in [7, 11) is 1.71. The molecular formula is C15H16N4OS. The van der Waals surface area contributed by atoms with E-state index in [1.807, 2.05) is 4.52 Å². The Morgan fingerprint density at radius 1 is 1.19 bits per heavy atom. The Kier molecular flexibility index (Phi) is 2.75. The Balaban J connectivity index is 1.82.